The molecule has 0 aliphatic heterocycles. The number of ether oxygens (including phenoxy) is 2. The number of rotatable bonds is 6. The van der Waals surface area contributed by atoms with Crippen molar-refractivity contribution < 1.29 is 19.1 Å². The zero-order chi connectivity index (χ0) is 10.3. The van der Waals surface area contributed by atoms with Gasteiger partial charge in [-0.05, 0) is 0 Å². The summed E-state index contributed by atoms with van der Waals surface area (Å²) in [5.41, 5.74) is 0. The normalized spacial score (nSPS) is 16.1. The second-order valence-electron chi connectivity index (χ2n) is 2.53. The van der Waals surface area contributed by atoms with E-state index in [-0.39, 0.29) is 5.92 Å². The number of aldehydes is 2. The minimum atomic E-state index is -0.578. The Bertz CT molecular complexity index is 198. The maximum absolute atomic E-state index is 10.5. The number of allylic oxidation sites excluding steroid dienone is 1. The molecular formula is C9H14O4. The van der Waals surface area contributed by atoms with Crippen molar-refractivity contribution in [2.75, 3.05) is 14.2 Å². The summed E-state index contributed by atoms with van der Waals surface area (Å²) in [6, 6.07) is 0. The van der Waals surface area contributed by atoms with Gasteiger partial charge in [0.1, 0.15) is 24.4 Å². The van der Waals surface area contributed by atoms with Crippen molar-refractivity contribution in [1.82, 2.24) is 0 Å². The van der Waals surface area contributed by atoms with Crippen LogP contribution in [0.15, 0.2) is 11.8 Å². The van der Waals surface area contributed by atoms with Crippen molar-refractivity contribution in [3.63, 3.8) is 0 Å². The van der Waals surface area contributed by atoms with Crippen LogP contribution in [0.1, 0.15) is 6.92 Å². The molecule has 0 aromatic carbocycles. The fourth-order valence-corrected chi connectivity index (χ4v) is 1.01. The second-order valence-corrected chi connectivity index (χ2v) is 2.53. The van der Waals surface area contributed by atoms with E-state index in [4.69, 9.17) is 9.47 Å². The summed E-state index contributed by atoms with van der Waals surface area (Å²) in [6.45, 7) is 1.75. The molecule has 0 aromatic heterocycles. The molecule has 0 radical (unpaired) electrons. The van der Waals surface area contributed by atoms with Crippen LogP contribution in [-0.4, -0.2) is 32.9 Å². The lowest BCUT2D eigenvalue weighted by Gasteiger charge is -2.18. The number of hydrogen-bond donors (Lipinski definition) is 0. The summed E-state index contributed by atoms with van der Waals surface area (Å²) in [4.78, 5) is 20.7. The molecule has 0 heterocycles. The van der Waals surface area contributed by atoms with Gasteiger partial charge >= 0.3 is 0 Å². The molecule has 4 heteroatoms. The van der Waals surface area contributed by atoms with E-state index in [1.807, 2.05) is 0 Å². The molecule has 0 saturated carbocycles. The lowest BCUT2D eigenvalue weighted by molar-refractivity contribution is -0.119. The Morgan fingerprint density at radius 2 is 1.92 bits per heavy atom. The van der Waals surface area contributed by atoms with Crippen LogP contribution in [0, 0.1) is 5.92 Å². The van der Waals surface area contributed by atoms with Crippen LogP contribution in [0.5, 0.6) is 0 Å². The molecular weight excluding hydrogens is 172 g/mol. The lowest BCUT2D eigenvalue weighted by atomic mass is 10.0. The molecule has 4 nitrogen and oxygen atoms in total. The van der Waals surface area contributed by atoms with Gasteiger partial charge in [0.25, 0.3) is 0 Å². The highest BCUT2D eigenvalue weighted by Gasteiger charge is 2.20. The van der Waals surface area contributed by atoms with Crippen molar-refractivity contribution in [2.45, 2.75) is 13.0 Å². The van der Waals surface area contributed by atoms with Gasteiger partial charge in [-0.15, -0.1) is 0 Å². The van der Waals surface area contributed by atoms with Crippen LogP contribution in [0.4, 0.5) is 0 Å². The predicted octanol–water partition coefficient (Wildman–Crippen LogP) is 0.566. The Morgan fingerprint density at radius 3 is 2.23 bits per heavy atom. The first-order valence-electron chi connectivity index (χ1n) is 3.88. The van der Waals surface area contributed by atoms with Crippen molar-refractivity contribution >= 4 is 12.6 Å². The number of hydrogen-bond acceptors (Lipinski definition) is 4. The topological polar surface area (TPSA) is 52.6 Å². The van der Waals surface area contributed by atoms with Crippen molar-refractivity contribution in [3.8, 4) is 0 Å². The van der Waals surface area contributed by atoms with Gasteiger partial charge in [0.05, 0.1) is 7.11 Å². The Labute approximate surface area is 77.5 Å². The van der Waals surface area contributed by atoms with E-state index in [9.17, 15) is 9.59 Å². The third-order valence-corrected chi connectivity index (χ3v) is 1.82. The fourth-order valence-electron chi connectivity index (χ4n) is 1.01. The minimum Gasteiger partial charge on any atom is -0.501 e. The number of methoxy groups -OCH3 is 2. The Hall–Kier alpha value is -1.16. The molecule has 0 aliphatic carbocycles. The summed E-state index contributed by atoms with van der Waals surface area (Å²) < 4.78 is 9.81. The highest BCUT2D eigenvalue weighted by Crippen LogP contribution is 2.15. The van der Waals surface area contributed by atoms with E-state index in [0.29, 0.717) is 18.3 Å². The first-order chi connectivity index (χ1) is 6.21. The fraction of sp³-hybridized carbons (Fsp3) is 0.556. The lowest BCUT2D eigenvalue weighted by Crippen LogP contribution is -2.24. The summed E-state index contributed by atoms with van der Waals surface area (Å²) >= 11 is 0. The van der Waals surface area contributed by atoms with Crippen LogP contribution in [0.2, 0.25) is 0 Å². The van der Waals surface area contributed by atoms with Crippen LogP contribution >= 0.6 is 0 Å². The third kappa shape index (κ3) is 3.38. The quantitative estimate of drug-likeness (QED) is 0.345. The molecule has 0 bridgehead atoms. The molecule has 0 spiro atoms. The Morgan fingerprint density at radius 1 is 1.31 bits per heavy atom. The molecule has 2 atom stereocenters. The van der Waals surface area contributed by atoms with Gasteiger partial charge in [-0.2, -0.15) is 0 Å². The highest BCUT2D eigenvalue weighted by molar-refractivity contribution is 5.66. The summed E-state index contributed by atoms with van der Waals surface area (Å²) in [7, 11) is 2.88. The molecule has 0 rings (SSSR count). The second kappa shape index (κ2) is 6.37. The maximum Gasteiger partial charge on any atom is 0.149 e. The minimum absolute atomic E-state index is 0.252. The van der Waals surface area contributed by atoms with E-state index >= 15 is 0 Å². The van der Waals surface area contributed by atoms with Gasteiger partial charge in [-0.3, -0.25) is 4.79 Å². The van der Waals surface area contributed by atoms with Gasteiger partial charge in [-0.25, -0.2) is 0 Å². The van der Waals surface area contributed by atoms with Gasteiger partial charge in [0, 0.05) is 19.1 Å². The highest BCUT2D eigenvalue weighted by atomic mass is 16.5. The van der Waals surface area contributed by atoms with E-state index in [0.717, 1.165) is 0 Å². The van der Waals surface area contributed by atoms with Crippen LogP contribution < -0.4 is 0 Å². The first kappa shape index (κ1) is 11.8. The molecule has 0 N–H and O–H groups in total. The molecule has 0 fully saturated rings. The molecule has 0 aliphatic rings. The van der Waals surface area contributed by atoms with E-state index < -0.39 is 6.10 Å². The van der Waals surface area contributed by atoms with Gasteiger partial charge < -0.3 is 14.3 Å². The average Bonchev–Trinajstić information content (AvgIpc) is 2.15. The van der Waals surface area contributed by atoms with Crippen LogP contribution in [0.3, 0.4) is 0 Å². The first-order valence-corrected chi connectivity index (χ1v) is 3.88. The van der Waals surface area contributed by atoms with E-state index in [2.05, 4.69) is 0 Å². The van der Waals surface area contributed by atoms with Crippen molar-refractivity contribution in [1.29, 1.82) is 0 Å². The molecule has 13 heavy (non-hydrogen) atoms. The summed E-state index contributed by atoms with van der Waals surface area (Å²) in [5, 5.41) is 0. The molecule has 74 valence electrons. The number of carbonyl (C=O) groups excluding carboxylic acids is 2. The Balaban J connectivity index is 4.51. The average molecular weight is 186 g/mol. The largest absolute Gasteiger partial charge is 0.501 e. The van der Waals surface area contributed by atoms with E-state index in [1.54, 1.807) is 6.92 Å². The third-order valence-electron chi connectivity index (χ3n) is 1.82. The molecule has 0 unspecified atom stereocenters. The van der Waals surface area contributed by atoms with Crippen molar-refractivity contribution in [2.24, 2.45) is 5.92 Å². The van der Waals surface area contributed by atoms with Crippen molar-refractivity contribution in [3.05, 3.63) is 11.8 Å². The summed E-state index contributed by atoms with van der Waals surface area (Å²) in [6.07, 6.45) is 2.00. The molecule has 0 amide bonds. The monoisotopic (exact) mass is 186 g/mol. The predicted molar refractivity (Wildman–Crippen MR) is 47.2 cm³/mol. The zero-order valence-corrected chi connectivity index (χ0v) is 8.02. The van der Waals surface area contributed by atoms with E-state index in [1.165, 1.54) is 20.3 Å². The smallest absolute Gasteiger partial charge is 0.149 e. The zero-order valence-electron chi connectivity index (χ0n) is 8.02. The Kier molecular flexibility index (Phi) is 5.80. The maximum atomic E-state index is 10.5. The SMILES string of the molecule is CO/C(=C/C=O)[C@@H](C)[C@@H](C=O)OC. The summed E-state index contributed by atoms with van der Waals surface area (Å²) in [5.74, 6) is 0.187. The number of carbonyl (C=O) groups is 2. The van der Waals surface area contributed by atoms with Gasteiger partial charge in [0.15, 0.2) is 0 Å². The molecule has 0 saturated heterocycles. The van der Waals surface area contributed by atoms with Crippen LogP contribution in [-0.2, 0) is 19.1 Å². The van der Waals surface area contributed by atoms with Gasteiger partial charge in [-0.1, -0.05) is 6.92 Å². The molecule has 0 aromatic rings. The standard InChI is InChI=1S/C9H14O4/c1-7(9(6-11)13-3)8(12-2)4-5-10/h4-7,9H,1-3H3/b8-4+/t7-,9-/m1/s1. The van der Waals surface area contributed by atoms with Crippen LogP contribution in [0.25, 0.3) is 0 Å². The van der Waals surface area contributed by atoms with Gasteiger partial charge in [0.2, 0.25) is 0 Å².